The topological polar surface area (TPSA) is 161 Å². The SMILES string of the molecule is Cc1ccc(S(=O)(=O)ON2C(=O)C3CC4C(=O)N(OS(=O)(=O)c5ccc(C)cc5)C(=O)C4CC3C2=O)cc1. The van der Waals surface area contributed by atoms with E-state index in [2.05, 4.69) is 0 Å². The van der Waals surface area contributed by atoms with Crippen molar-refractivity contribution in [3.05, 3.63) is 59.7 Å². The Morgan fingerprint density at radius 1 is 0.553 bits per heavy atom. The second-order valence-corrected chi connectivity index (χ2v) is 12.6. The van der Waals surface area contributed by atoms with Crippen molar-refractivity contribution in [3.63, 3.8) is 0 Å². The first-order valence-corrected chi connectivity index (χ1v) is 14.4. The fourth-order valence-corrected chi connectivity index (χ4v) is 6.75. The summed E-state index contributed by atoms with van der Waals surface area (Å²) in [5, 5.41) is 0.354. The van der Waals surface area contributed by atoms with Crippen LogP contribution in [0.4, 0.5) is 0 Å². The Hall–Kier alpha value is -3.46. The van der Waals surface area contributed by atoms with Gasteiger partial charge in [-0.3, -0.25) is 19.2 Å². The van der Waals surface area contributed by atoms with E-state index in [-0.39, 0.29) is 32.8 Å². The van der Waals surface area contributed by atoms with Gasteiger partial charge in [0.1, 0.15) is 0 Å². The molecule has 2 heterocycles. The van der Waals surface area contributed by atoms with Crippen molar-refractivity contribution in [2.45, 2.75) is 36.5 Å². The highest BCUT2D eigenvalue weighted by Crippen LogP contribution is 2.48. The molecule has 5 rings (SSSR count). The van der Waals surface area contributed by atoms with Crippen LogP contribution in [0.2, 0.25) is 0 Å². The predicted molar refractivity (Wildman–Crippen MR) is 126 cm³/mol. The van der Waals surface area contributed by atoms with Crippen molar-refractivity contribution in [1.82, 2.24) is 10.1 Å². The number of hydrogen-bond acceptors (Lipinski definition) is 10. The Morgan fingerprint density at radius 2 is 0.816 bits per heavy atom. The summed E-state index contributed by atoms with van der Waals surface area (Å²) in [5.74, 6) is -8.32. The molecule has 200 valence electrons. The lowest BCUT2D eigenvalue weighted by atomic mass is 9.70. The van der Waals surface area contributed by atoms with Crippen molar-refractivity contribution >= 4 is 43.9 Å². The number of nitrogens with zero attached hydrogens (tertiary/aromatic N) is 2. The van der Waals surface area contributed by atoms with Gasteiger partial charge in [0.15, 0.2) is 0 Å². The number of fused-ring (bicyclic) bond motifs is 2. The number of carbonyl (C=O) groups is 4. The molecule has 0 N–H and O–H groups in total. The maximum absolute atomic E-state index is 13.0. The molecule has 12 nitrogen and oxygen atoms in total. The van der Waals surface area contributed by atoms with Crippen molar-refractivity contribution < 1.29 is 44.6 Å². The van der Waals surface area contributed by atoms with Crippen molar-refractivity contribution in [2.75, 3.05) is 0 Å². The van der Waals surface area contributed by atoms with Crippen LogP contribution in [0.3, 0.4) is 0 Å². The Morgan fingerprint density at radius 3 is 1.08 bits per heavy atom. The smallest absolute Gasteiger partial charge is 0.272 e. The first-order chi connectivity index (χ1) is 17.8. The summed E-state index contributed by atoms with van der Waals surface area (Å²) in [4.78, 5) is 51.4. The lowest BCUT2D eigenvalue weighted by molar-refractivity contribution is -0.166. The third-order valence-electron chi connectivity index (χ3n) is 7.02. The first-order valence-electron chi connectivity index (χ1n) is 11.6. The van der Waals surface area contributed by atoms with Gasteiger partial charge in [-0.25, -0.2) is 0 Å². The largest absolute Gasteiger partial charge is 0.318 e. The predicted octanol–water partition coefficient (Wildman–Crippen LogP) is 1.24. The van der Waals surface area contributed by atoms with Crippen LogP contribution in [-0.2, 0) is 48.0 Å². The van der Waals surface area contributed by atoms with Gasteiger partial charge in [0.05, 0.1) is 33.5 Å². The Bertz CT molecular complexity index is 1410. The van der Waals surface area contributed by atoms with E-state index in [9.17, 15) is 36.0 Å². The minimum Gasteiger partial charge on any atom is -0.272 e. The zero-order valence-corrected chi connectivity index (χ0v) is 21.8. The van der Waals surface area contributed by atoms with Crippen molar-refractivity contribution in [1.29, 1.82) is 0 Å². The van der Waals surface area contributed by atoms with Crippen LogP contribution >= 0.6 is 0 Å². The number of imide groups is 2. The number of hydrogen-bond donors (Lipinski definition) is 0. The van der Waals surface area contributed by atoms with E-state index in [0.717, 1.165) is 11.1 Å². The van der Waals surface area contributed by atoms with Crippen LogP contribution in [0, 0.1) is 37.5 Å². The molecular formula is C24H22N2O10S2. The zero-order valence-electron chi connectivity index (χ0n) is 20.1. The monoisotopic (exact) mass is 562 g/mol. The van der Waals surface area contributed by atoms with Crippen molar-refractivity contribution in [3.8, 4) is 0 Å². The summed E-state index contributed by atoms with van der Waals surface area (Å²) in [5.41, 5.74) is 1.57. The normalized spacial score (nSPS) is 25.6. The molecule has 38 heavy (non-hydrogen) atoms. The van der Waals surface area contributed by atoms with Gasteiger partial charge < -0.3 is 0 Å². The molecule has 0 spiro atoms. The molecular weight excluding hydrogens is 540 g/mol. The van der Waals surface area contributed by atoms with Crippen LogP contribution < -0.4 is 0 Å². The van der Waals surface area contributed by atoms with Gasteiger partial charge in [-0.1, -0.05) is 35.4 Å². The molecule has 1 aliphatic carbocycles. The molecule has 2 saturated heterocycles. The van der Waals surface area contributed by atoms with E-state index < -0.39 is 67.5 Å². The molecule has 4 atom stereocenters. The fourth-order valence-electron chi connectivity index (χ4n) is 4.95. The zero-order chi connectivity index (χ0) is 27.6. The van der Waals surface area contributed by atoms with Crippen LogP contribution in [0.1, 0.15) is 24.0 Å². The molecule has 3 fully saturated rings. The Labute approximate surface area is 218 Å². The number of aryl methyl sites for hydroxylation is 2. The third kappa shape index (κ3) is 4.32. The van der Waals surface area contributed by atoms with Gasteiger partial charge in [0, 0.05) is 0 Å². The second kappa shape index (κ2) is 9.08. The van der Waals surface area contributed by atoms with Crippen molar-refractivity contribution in [2.24, 2.45) is 23.7 Å². The average Bonchev–Trinajstić information content (AvgIpc) is 3.23. The number of rotatable bonds is 6. The van der Waals surface area contributed by atoms with E-state index in [4.69, 9.17) is 8.57 Å². The summed E-state index contributed by atoms with van der Waals surface area (Å²) >= 11 is 0. The third-order valence-corrected chi connectivity index (χ3v) is 9.41. The van der Waals surface area contributed by atoms with Crippen LogP contribution in [0.25, 0.3) is 0 Å². The summed E-state index contributed by atoms with van der Waals surface area (Å²) in [6.45, 7) is 3.50. The van der Waals surface area contributed by atoms with Gasteiger partial charge in [0.25, 0.3) is 23.6 Å². The second-order valence-electron chi connectivity index (χ2n) is 9.52. The molecule has 2 aromatic rings. The highest BCUT2D eigenvalue weighted by Gasteiger charge is 2.61. The summed E-state index contributed by atoms with van der Waals surface area (Å²) in [7, 11) is -9.02. The quantitative estimate of drug-likeness (QED) is 0.468. The molecule has 2 aromatic carbocycles. The van der Waals surface area contributed by atoms with E-state index in [1.807, 2.05) is 0 Å². The van der Waals surface area contributed by atoms with Gasteiger partial charge in [-0.2, -0.15) is 16.8 Å². The molecule has 2 aliphatic heterocycles. The summed E-state index contributed by atoms with van der Waals surface area (Å²) in [6.07, 6.45) is -0.557. The first kappa shape index (κ1) is 26.2. The van der Waals surface area contributed by atoms with Gasteiger partial charge >= 0.3 is 20.2 Å². The number of amides is 4. The molecule has 3 aliphatic rings. The van der Waals surface area contributed by atoms with Gasteiger partial charge in [-0.15, -0.1) is 18.7 Å². The lowest BCUT2D eigenvalue weighted by Crippen LogP contribution is -2.35. The van der Waals surface area contributed by atoms with Crippen LogP contribution in [0.15, 0.2) is 58.3 Å². The lowest BCUT2D eigenvalue weighted by Gasteiger charge is -2.27. The molecule has 0 aromatic heterocycles. The standard InChI is InChI=1S/C24H22N2O10S2/c1-13-3-7-15(8-4-13)37(31,32)35-25-21(27)17-11-19-20(12-18(17)22(25)28)24(30)26(23(19)29)36-38(33,34)16-9-5-14(2)6-10-16/h3-10,17-20H,11-12H2,1-2H3. The molecule has 0 radical (unpaired) electrons. The summed E-state index contributed by atoms with van der Waals surface area (Å²) in [6, 6.07) is 11.2. The molecule has 0 bridgehead atoms. The van der Waals surface area contributed by atoms with E-state index >= 15 is 0 Å². The summed E-state index contributed by atoms with van der Waals surface area (Å²) < 4.78 is 60.4. The van der Waals surface area contributed by atoms with Crippen LogP contribution in [-0.4, -0.2) is 50.6 Å². The molecule has 14 heteroatoms. The molecule has 1 saturated carbocycles. The number of hydroxylamine groups is 4. The highest BCUT2D eigenvalue weighted by molar-refractivity contribution is 7.87. The Balaban J connectivity index is 1.34. The molecule has 4 unspecified atom stereocenters. The number of carbonyl (C=O) groups excluding carboxylic acids is 4. The minimum atomic E-state index is -4.51. The highest BCUT2D eigenvalue weighted by atomic mass is 32.2. The van der Waals surface area contributed by atoms with E-state index in [1.54, 1.807) is 13.8 Å². The van der Waals surface area contributed by atoms with E-state index in [0.29, 0.717) is 0 Å². The van der Waals surface area contributed by atoms with Gasteiger partial charge in [-0.05, 0) is 51.0 Å². The maximum atomic E-state index is 13.0. The maximum Gasteiger partial charge on any atom is 0.318 e. The molecule has 4 amide bonds. The fraction of sp³-hybridized carbons (Fsp3) is 0.333. The minimum absolute atomic E-state index is 0.177. The number of benzene rings is 2. The van der Waals surface area contributed by atoms with Gasteiger partial charge in [0.2, 0.25) is 0 Å². The average molecular weight is 563 g/mol. The Kier molecular flexibility index (Phi) is 6.25. The van der Waals surface area contributed by atoms with Crippen LogP contribution in [0.5, 0.6) is 0 Å². The van der Waals surface area contributed by atoms with E-state index in [1.165, 1.54) is 48.5 Å².